The number of aromatic nitrogens is 4. The number of hydrogen-bond donors (Lipinski definition) is 2. The smallest absolute Gasteiger partial charge is 0.287 e. The molecule has 10 nitrogen and oxygen atoms in total. The van der Waals surface area contributed by atoms with Crippen LogP contribution in [0.5, 0.6) is 0 Å². The molecule has 1 aromatic carbocycles. The predicted octanol–water partition coefficient (Wildman–Crippen LogP) is 0.249. The number of benzene rings is 1. The summed E-state index contributed by atoms with van der Waals surface area (Å²) in [5.74, 6) is 0.696. The molecule has 0 bridgehead atoms. The Morgan fingerprint density at radius 3 is 2.85 bits per heavy atom. The Bertz CT molecular complexity index is 1110. The van der Waals surface area contributed by atoms with Crippen molar-refractivity contribution in [3.63, 3.8) is 0 Å². The third kappa shape index (κ3) is 3.94. The molecule has 6 rings (SSSR count). The van der Waals surface area contributed by atoms with Gasteiger partial charge in [0.15, 0.2) is 11.6 Å². The number of furan rings is 1. The van der Waals surface area contributed by atoms with Crippen molar-refractivity contribution in [3.8, 4) is 11.4 Å². The minimum Gasteiger partial charge on any atom is -0.459 e. The average molecular weight is 452 g/mol. The quantitative estimate of drug-likeness (QED) is 0.553. The zero-order valence-electron chi connectivity index (χ0n) is 18.2. The highest BCUT2D eigenvalue weighted by atomic mass is 16.6. The van der Waals surface area contributed by atoms with Gasteiger partial charge in [-0.2, -0.15) is 0 Å². The molecule has 3 aliphatic rings. The van der Waals surface area contributed by atoms with Crippen molar-refractivity contribution in [1.29, 1.82) is 0 Å². The number of ether oxygens (including phenoxy) is 2. The molecule has 4 atom stereocenters. The van der Waals surface area contributed by atoms with Crippen molar-refractivity contribution in [2.75, 3.05) is 26.3 Å². The van der Waals surface area contributed by atoms with Crippen LogP contribution in [0.1, 0.15) is 35.0 Å². The first kappa shape index (κ1) is 20.5. The van der Waals surface area contributed by atoms with Crippen LogP contribution in [0.4, 0.5) is 0 Å². The molecule has 3 aliphatic heterocycles. The van der Waals surface area contributed by atoms with Gasteiger partial charge in [0.25, 0.3) is 5.91 Å². The summed E-state index contributed by atoms with van der Waals surface area (Å²) in [4.78, 5) is 14.0. The Balaban J connectivity index is 1.18. The Labute approximate surface area is 190 Å². The van der Waals surface area contributed by atoms with Crippen LogP contribution in [0.25, 0.3) is 11.4 Å². The Morgan fingerprint density at radius 1 is 1.12 bits per heavy atom. The molecule has 0 unspecified atom stereocenters. The second-order valence-electron chi connectivity index (χ2n) is 9.00. The van der Waals surface area contributed by atoms with E-state index in [1.165, 1.54) is 37.8 Å². The van der Waals surface area contributed by atoms with Crippen molar-refractivity contribution in [2.24, 2.45) is 0 Å². The molecule has 3 saturated heterocycles. The van der Waals surface area contributed by atoms with Crippen LogP contribution in [0, 0.1) is 0 Å². The van der Waals surface area contributed by atoms with Gasteiger partial charge in [0.05, 0.1) is 38.6 Å². The van der Waals surface area contributed by atoms with Crippen molar-refractivity contribution in [3.05, 3.63) is 54.0 Å². The molecule has 0 radical (unpaired) electrons. The Kier molecular flexibility index (Phi) is 5.41. The molecule has 2 aromatic heterocycles. The maximum absolute atomic E-state index is 12.4. The van der Waals surface area contributed by atoms with Gasteiger partial charge in [-0.1, -0.05) is 18.2 Å². The van der Waals surface area contributed by atoms with Gasteiger partial charge in [-0.15, -0.1) is 5.10 Å². The van der Waals surface area contributed by atoms with Gasteiger partial charge in [0, 0.05) is 24.0 Å². The predicted molar refractivity (Wildman–Crippen MR) is 115 cm³/mol. The van der Waals surface area contributed by atoms with Gasteiger partial charge >= 0.3 is 0 Å². The lowest BCUT2D eigenvalue weighted by molar-refractivity contribution is -0.901. The number of amides is 1. The highest BCUT2D eigenvalue weighted by Crippen LogP contribution is 2.35. The molecule has 1 amide bonds. The summed E-state index contributed by atoms with van der Waals surface area (Å²) in [7, 11) is 0. The van der Waals surface area contributed by atoms with Crippen molar-refractivity contribution < 1.29 is 23.6 Å². The lowest BCUT2D eigenvalue weighted by Crippen LogP contribution is -3.08. The number of carbonyl (C=O) groups excluding carboxylic acids is 1. The van der Waals surface area contributed by atoms with Crippen LogP contribution in [-0.2, 0) is 16.0 Å². The van der Waals surface area contributed by atoms with Crippen LogP contribution in [0.3, 0.4) is 0 Å². The topological polar surface area (TPSA) is 109 Å². The summed E-state index contributed by atoms with van der Waals surface area (Å²) in [5, 5.41) is 15.5. The number of fused-ring (bicyclic) bond motifs is 1. The van der Waals surface area contributed by atoms with E-state index >= 15 is 0 Å². The summed E-state index contributed by atoms with van der Waals surface area (Å²) in [6.07, 6.45) is 3.58. The van der Waals surface area contributed by atoms with Crippen LogP contribution in [0.2, 0.25) is 0 Å². The highest BCUT2D eigenvalue weighted by molar-refractivity contribution is 5.91. The zero-order valence-corrected chi connectivity index (χ0v) is 18.2. The first-order valence-corrected chi connectivity index (χ1v) is 11.5. The largest absolute Gasteiger partial charge is 0.459 e. The fraction of sp³-hybridized carbons (Fsp3) is 0.478. The maximum Gasteiger partial charge on any atom is 0.287 e. The number of tetrazole rings is 1. The fourth-order valence-electron chi connectivity index (χ4n) is 5.23. The minimum atomic E-state index is -0.277. The number of likely N-dealkylation sites (tertiary alicyclic amines) is 1. The molecule has 2 N–H and O–H groups in total. The first-order valence-electron chi connectivity index (χ1n) is 11.5. The normalized spacial score (nSPS) is 27.2. The van der Waals surface area contributed by atoms with Crippen LogP contribution >= 0.6 is 0 Å². The molecule has 3 aromatic rings. The number of quaternary nitrogens is 1. The fourth-order valence-corrected chi connectivity index (χ4v) is 5.23. The van der Waals surface area contributed by atoms with Crippen LogP contribution in [-0.4, -0.2) is 70.7 Å². The third-order valence-corrected chi connectivity index (χ3v) is 6.85. The van der Waals surface area contributed by atoms with Gasteiger partial charge in [0.1, 0.15) is 24.8 Å². The summed E-state index contributed by atoms with van der Waals surface area (Å²) in [5.41, 5.74) is 2.28. The molecule has 10 heteroatoms. The number of rotatable bonds is 6. The molecule has 3 fully saturated rings. The molecule has 33 heavy (non-hydrogen) atoms. The zero-order chi connectivity index (χ0) is 22.2. The van der Waals surface area contributed by atoms with Gasteiger partial charge in [-0.3, -0.25) is 4.79 Å². The second kappa shape index (κ2) is 8.69. The highest BCUT2D eigenvalue weighted by Gasteiger charge is 2.50. The van der Waals surface area contributed by atoms with E-state index in [2.05, 4.69) is 39.0 Å². The SMILES string of the molecule is O=C(N[C@H]1CO[C@H]2[C@@H]1OC[C@@H]2n1nnnc1-c1cccc(C[NH+]2CCCC2)c1)c1ccco1. The minimum absolute atomic E-state index is 0.168. The number of nitrogens with zero attached hydrogens (tertiary/aromatic N) is 4. The van der Waals surface area contributed by atoms with E-state index < -0.39 is 0 Å². The van der Waals surface area contributed by atoms with E-state index in [9.17, 15) is 4.79 Å². The summed E-state index contributed by atoms with van der Waals surface area (Å²) in [6.45, 7) is 4.27. The van der Waals surface area contributed by atoms with Crippen molar-refractivity contribution >= 4 is 5.91 Å². The number of nitrogens with one attached hydrogen (secondary N) is 2. The Hall–Kier alpha value is -3.08. The van der Waals surface area contributed by atoms with E-state index in [1.54, 1.807) is 17.0 Å². The average Bonchev–Trinajstić information content (AvgIpc) is 3.64. The molecule has 0 spiro atoms. The second-order valence-corrected chi connectivity index (χ2v) is 9.00. The van der Waals surface area contributed by atoms with E-state index in [1.807, 2.05) is 10.7 Å². The molecule has 0 saturated carbocycles. The summed E-state index contributed by atoms with van der Waals surface area (Å²) >= 11 is 0. The summed E-state index contributed by atoms with van der Waals surface area (Å²) < 4.78 is 19.1. The first-order chi connectivity index (χ1) is 16.3. The summed E-state index contributed by atoms with van der Waals surface area (Å²) in [6, 6.07) is 11.4. The lowest BCUT2D eigenvalue weighted by atomic mass is 10.1. The van der Waals surface area contributed by atoms with Crippen molar-refractivity contribution in [1.82, 2.24) is 25.5 Å². The van der Waals surface area contributed by atoms with Gasteiger partial charge in [0.2, 0.25) is 0 Å². The number of hydrogen-bond acceptors (Lipinski definition) is 7. The molecular weight excluding hydrogens is 424 g/mol. The van der Waals surface area contributed by atoms with E-state index in [4.69, 9.17) is 13.9 Å². The monoisotopic (exact) mass is 451 g/mol. The van der Waals surface area contributed by atoms with Crippen LogP contribution < -0.4 is 10.2 Å². The van der Waals surface area contributed by atoms with E-state index in [-0.39, 0.29) is 36.0 Å². The molecular formula is C23H27N6O4+. The lowest BCUT2D eigenvalue weighted by Gasteiger charge is -2.18. The molecule has 0 aliphatic carbocycles. The maximum atomic E-state index is 12.4. The van der Waals surface area contributed by atoms with E-state index in [0.29, 0.717) is 19.0 Å². The third-order valence-electron chi connectivity index (χ3n) is 6.85. The van der Waals surface area contributed by atoms with Gasteiger partial charge in [-0.05, 0) is 28.6 Å². The standard InChI is InChI=1S/C23H26N6O4/c30-23(19-7-4-10-31-19)24-17-13-32-21-18(14-33-20(17)21)29-22(25-26-27-29)16-6-3-5-15(11-16)12-28-8-1-2-9-28/h3-7,10-11,17-18,20-21H,1-2,8-9,12-14H2,(H,24,30)/p+1/t17-,18-,20+,21+/m0/s1. The van der Waals surface area contributed by atoms with Crippen molar-refractivity contribution in [2.45, 2.75) is 43.7 Å². The Morgan fingerprint density at radius 2 is 2.00 bits per heavy atom. The number of carbonyl (C=O) groups is 1. The molecule has 5 heterocycles. The van der Waals surface area contributed by atoms with Crippen LogP contribution in [0.15, 0.2) is 47.1 Å². The van der Waals surface area contributed by atoms with E-state index in [0.717, 1.165) is 12.1 Å². The van der Waals surface area contributed by atoms with Gasteiger partial charge in [-0.25, -0.2) is 4.68 Å². The van der Waals surface area contributed by atoms with Gasteiger partial charge < -0.3 is 24.1 Å². The molecule has 172 valence electrons.